The molecular formula is C23H17NO6. The van der Waals surface area contributed by atoms with Crippen LogP contribution in [-0.2, 0) is 16.1 Å². The second kappa shape index (κ2) is 8.08. The third kappa shape index (κ3) is 4.00. The second-order valence-electron chi connectivity index (χ2n) is 6.59. The van der Waals surface area contributed by atoms with Crippen LogP contribution in [0, 0.1) is 0 Å². The molecule has 7 nitrogen and oxygen atoms in total. The fourth-order valence-electron chi connectivity index (χ4n) is 3.15. The van der Waals surface area contributed by atoms with E-state index < -0.39 is 11.6 Å². The second-order valence-corrected chi connectivity index (χ2v) is 6.59. The third-order valence-electron chi connectivity index (χ3n) is 4.44. The van der Waals surface area contributed by atoms with Gasteiger partial charge in [0, 0.05) is 41.3 Å². The number of esters is 1. The molecule has 7 heteroatoms. The Morgan fingerprint density at radius 2 is 1.83 bits per heavy atom. The van der Waals surface area contributed by atoms with Crippen LogP contribution in [0.1, 0.15) is 23.0 Å². The molecule has 0 atom stereocenters. The number of amides is 1. The van der Waals surface area contributed by atoms with E-state index in [-0.39, 0.29) is 23.9 Å². The number of rotatable bonds is 5. The molecule has 0 spiro atoms. The monoisotopic (exact) mass is 403 g/mol. The molecule has 2 aromatic heterocycles. The van der Waals surface area contributed by atoms with Gasteiger partial charge in [-0.2, -0.15) is 0 Å². The first-order valence-corrected chi connectivity index (χ1v) is 9.15. The molecule has 2 heterocycles. The van der Waals surface area contributed by atoms with Crippen LogP contribution in [0.5, 0.6) is 0 Å². The molecule has 1 amide bonds. The van der Waals surface area contributed by atoms with E-state index in [9.17, 15) is 14.4 Å². The molecule has 30 heavy (non-hydrogen) atoms. The maximum atomic E-state index is 12.6. The van der Waals surface area contributed by atoms with E-state index >= 15 is 0 Å². The van der Waals surface area contributed by atoms with Gasteiger partial charge in [0.15, 0.2) is 0 Å². The summed E-state index contributed by atoms with van der Waals surface area (Å²) in [6, 6.07) is 17.2. The topological polar surface area (TPSA) is 98.7 Å². The molecule has 0 aliphatic carbocycles. The molecule has 1 N–H and O–H groups in total. The van der Waals surface area contributed by atoms with Gasteiger partial charge in [-0.1, -0.05) is 30.3 Å². The van der Waals surface area contributed by atoms with Crippen LogP contribution in [0.2, 0.25) is 0 Å². The highest BCUT2D eigenvalue weighted by molar-refractivity contribution is 5.95. The summed E-state index contributed by atoms with van der Waals surface area (Å²) >= 11 is 0. The van der Waals surface area contributed by atoms with Gasteiger partial charge in [0.25, 0.3) is 0 Å². The van der Waals surface area contributed by atoms with Gasteiger partial charge in [-0.3, -0.25) is 4.79 Å². The molecule has 0 saturated heterocycles. The van der Waals surface area contributed by atoms with Crippen molar-refractivity contribution in [1.29, 1.82) is 0 Å². The maximum Gasteiger partial charge on any atom is 0.375 e. The van der Waals surface area contributed by atoms with E-state index in [0.717, 1.165) is 5.56 Å². The number of carbonyl (C=O) groups is 2. The van der Waals surface area contributed by atoms with Crippen molar-refractivity contribution in [2.24, 2.45) is 0 Å². The van der Waals surface area contributed by atoms with Crippen molar-refractivity contribution in [2.45, 2.75) is 13.5 Å². The lowest BCUT2D eigenvalue weighted by atomic mass is 10.1. The van der Waals surface area contributed by atoms with Gasteiger partial charge in [-0.15, -0.1) is 0 Å². The first kappa shape index (κ1) is 19.2. The molecule has 0 aliphatic rings. The van der Waals surface area contributed by atoms with Crippen molar-refractivity contribution in [2.75, 3.05) is 5.32 Å². The lowest BCUT2D eigenvalue weighted by Gasteiger charge is -2.09. The number of anilines is 1. The Hall–Kier alpha value is -4.13. The number of carbonyl (C=O) groups excluding carboxylic acids is 2. The highest BCUT2D eigenvalue weighted by atomic mass is 16.5. The van der Waals surface area contributed by atoms with E-state index in [1.165, 1.54) is 19.3 Å². The van der Waals surface area contributed by atoms with Gasteiger partial charge in [0.1, 0.15) is 12.2 Å². The maximum absolute atomic E-state index is 12.6. The number of hydrogen-bond donors (Lipinski definition) is 1. The van der Waals surface area contributed by atoms with E-state index in [4.69, 9.17) is 13.6 Å². The zero-order valence-corrected chi connectivity index (χ0v) is 16.0. The molecule has 0 bridgehead atoms. The zero-order chi connectivity index (χ0) is 21.1. The minimum absolute atomic E-state index is 0.0846. The first-order chi connectivity index (χ1) is 14.5. The summed E-state index contributed by atoms with van der Waals surface area (Å²) in [5, 5.41) is 3.22. The average molecular weight is 403 g/mol. The fraction of sp³-hybridized carbons (Fsp3) is 0.0870. The number of hydrogen-bond acceptors (Lipinski definition) is 6. The van der Waals surface area contributed by atoms with Crippen LogP contribution in [0.4, 0.5) is 5.69 Å². The number of furan rings is 1. The minimum Gasteiger partial charge on any atom is -0.457 e. The predicted octanol–water partition coefficient (Wildman–Crippen LogP) is 4.37. The Balaban J connectivity index is 1.58. The van der Waals surface area contributed by atoms with Gasteiger partial charge in [-0.25, -0.2) is 9.59 Å². The highest BCUT2D eigenvalue weighted by Gasteiger charge is 2.19. The normalized spacial score (nSPS) is 10.7. The van der Waals surface area contributed by atoms with Crippen molar-refractivity contribution < 1.29 is 23.2 Å². The van der Waals surface area contributed by atoms with E-state index in [1.807, 2.05) is 30.3 Å². The SMILES string of the molecule is CC(=O)Nc1ccc2c(COC(=O)c3occc3-c3ccccc3)cc(=O)oc2c1. The summed E-state index contributed by atoms with van der Waals surface area (Å²) < 4.78 is 16.0. The number of nitrogens with one attached hydrogen (secondary N) is 1. The lowest BCUT2D eigenvalue weighted by molar-refractivity contribution is -0.114. The summed E-state index contributed by atoms with van der Waals surface area (Å²) in [5.41, 5.74) is 2.12. The number of ether oxygens (including phenoxy) is 1. The van der Waals surface area contributed by atoms with Gasteiger partial charge < -0.3 is 18.9 Å². The van der Waals surface area contributed by atoms with Crippen molar-refractivity contribution >= 4 is 28.5 Å². The average Bonchev–Trinajstić information content (AvgIpc) is 3.21. The molecule has 2 aromatic carbocycles. The molecule has 4 aromatic rings. The van der Waals surface area contributed by atoms with Gasteiger partial charge in [-0.05, 0) is 23.8 Å². The Labute approximate surface area is 170 Å². The Kier molecular flexibility index (Phi) is 5.17. The van der Waals surface area contributed by atoms with Crippen molar-refractivity contribution in [1.82, 2.24) is 0 Å². The smallest absolute Gasteiger partial charge is 0.375 e. The number of benzene rings is 2. The van der Waals surface area contributed by atoms with E-state index in [1.54, 1.807) is 24.3 Å². The molecule has 0 radical (unpaired) electrons. The van der Waals surface area contributed by atoms with Crippen molar-refractivity contribution in [3.05, 3.63) is 88.7 Å². The largest absolute Gasteiger partial charge is 0.457 e. The van der Waals surface area contributed by atoms with Gasteiger partial charge >= 0.3 is 11.6 Å². The van der Waals surface area contributed by atoms with E-state index in [2.05, 4.69) is 5.32 Å². The minimum atomic E-state index is -0.643. The Morgan fingerprint density at radius 1 is 1.03 bits per heavy atom. The van der Waals surface area contributed by atoms with E-state index in [0.29, 0.717) is 22.2 Å². The van der Waals surface area contributed by atoms with Crippen LogP contribution in [0.25, 0.3) is 22.1 Å². The molecule has 150 valence electrons. The van der Waals surface area contributed by atoms with Crippen LogP contribution in [0.3, 0.4) is 0 Å². The summed E-state index contributed by atoms with van der Waals surface area (Å²) in [5.74, 6) is -0.800. The zero-order valence-electron chi connectivity index (χ0n) is 16.0. The first-order valence-electron chi connectivity index (χ1n) is 9.15. The van der Waals surface area contributed by atoms with Crippen LogP contribution in [0.15, 0.2) is 80.6 Å². The lowest BCUT2D eigenvalue weighted by Crippen LogP contribution is -2.09. The predicted molar refractivity (Wildman–Crippen MR) is 110 cm³/mol. The molecule has 0 fully saturated rings. The van der Waals surface area contributed by atoms with Gasteiger partial charge in [0.2, 0.25) is 11.7 Å². The quantitative estimate of drug-likeness (QED) is 0.392. The third-order valence-corrected chi connectivity index (χ3v) is 4.44. The Bertz CT molecular complexity index is 1290. The molecule has 0 saturated carbocycles. The molecule has 0 unspecified atom stereocenters. The summed E-state index contributed by atoms with van der Waals surface area (Å²) in [4.78, 5) is 35.8. The van der Waals surface area contributed by atoms with Crippen molar-refractivity contribution in [3.8, 4) is 11.1 Å². The molecule has 0 aliphatic heterocycles. The highest BCUT2D eigenvalue weighted by Crippen LogP contribution is 2.26. The van der Waals surface area contributed by atoms with Crippen LogP contribution in [-0.4, -0.2) is 11.9 Å². The summed E-state index contributed by atoms with van der Waals surface area (Å²) in [6.07, 6.45) is 1.43. The number of fused-ring (bicyclic) bond motifs is 1. The van der Waals surface area contributed by atoms with Crippen LogP contribution < -0.4 is 10.9 Å². The fourth-order valence-corrected chi connectivity index (χ4v) is 3.15. The molecule has 4 rings (SSSR count). The summed E-state index contributed by atoms with van der Waals surface area (Å²) in [7, 11) is 0. The van der Waals surface area contributed by atoms with Gasteiger partial charge in [0.05, 0.1) is 6.26 Å². The van der Waals surface area contributed by atoms with Crippen LogP contribution >= 0.6 is 0 Å². The van der Waals surface area contributed by atoms with Crippen molar-refractivity contribution in [3.63, 3.8) is 0 Å². The Morgan fingerprint density at radius 3 is 2.60 bits per heavy atom. The standard InChI is InChI=1S/C23H17NO6/c1-14(25)24-17-7-8-18-16(11-21(26)30-20(18)12-17)13-29-23(27)22-19(9-10-28-22)15-5-3-2-4-6-15/h2-12H,13H2,1H3,(H,24,25). The summed E-state index contributed by atoms with van der Waals surface area (Å²) in [6.45, 7) is 1.24. The molecular weight excluding hydrogens is 386 g/mol.